The van der Waals surface area contributed by atoms with E-state index in [0.29, 0.717) is 24.2 Å². The van der Waals surface area contributed by atoms with Crippen molar-refractivity contribution in [3.8, 4) is 11.9 Å². The van der Waals surface area contributed by atoms with Crippen molar-refractivity contribution in [2.75, 3.05) is 0 Å². The van der Waals surface area contributed by atoms with Crippen LogP contribution in [0.2, 0.25) is 0 Å². The van der Waals surface area contributed by atoms with Gasteiger partial charge in [0.2, 0.25) is 0 Å². The summed E-state index contributed by atoms with van der Waals surface area (Å²) < 4.78 is 1.35. The number of nitrogens with zero attached hydrogens (tertiary/aromatic N) is 5. The Bertz CT molecular complexity index is 697. The molecule has 2 N–H and O–H groups in total. The predicted molar refractivity (Wildman–Crippen MR) is 71.1 cm³/mol. The molecule has 0 saturated carbocycles. The summed E-state index contributed by atoms with van der Waals surface area (Å²) in [6, 6.07) is 3.62. The number of aryl methyl sites for hydroxylation is 1. The Balaban J connectivity index is 2.62. The number of nitriles is 1. The Morgan fingerprint density at radius 2 is 2.15 bits per heavy atom. The second-order valence-electron chi connectivity index (χ2n) is 4.15. The lowest BCUT2D eigenvalue weighted by molar-refractivity contribution is 0.0995. The molecule has 0 aliphatic heterocycles. The number of primary amides is 1. The zero-order chi connectivity index (χ0) is 14.7. The summed E-state index contributed by atoms with van der Waals surface area (Å²) in [7, 11) is 0. The van der Waals surface area contributed by atoms with E-state index in [0.717, 1.165) is 11.3 Å². The topological polar surface area (TPSA) is 110 Å². The molecular formula is C13H14N6O. The molecule has 0 fully saturated rings. The monoisotopic (exact) mass is 270 g/mol. The number of aromatic nitrogens is 4. The van der Waals surface area contributed by atoms with Crippen molar-refractivity contribution >= 4 is 5.91 Å². The first-order valence-electron chi connectivity index (χ1n) is 6.26. The molecule has 2 aromatic heterocycles. The fourth-order valence-corrected chi connectivity index (χ4v) is 2.01. The number of carbonyl (C=O) groups is 1. The molecule has 0 spiro atoms. The minimum atomic E-state index is -0.629. The quantitative estimate of drug-likeness (QED) is 0.881. The number of nitrogens with two attached hydrogens (primary N) is 1. The largest absolute Gasteiger partial charge is 0.364 e. The molecule has 102 valence electrons. The summed E-state index contributed by atoms with van der Waals surface area (Å²) in [5.41, 5.74) is 7.37. The van der Waals surface area contributed by atoms with E-state index in [9.17, 15) is 10.1 Å². The first kappa shape index (κ1) is 13.7. The molecule has 7 nitrogen and oxygen atoms in total. The summed E-state index contributed by atoms with van der Waals surface area (Å²) in [5, 5.41) is 21.6. The van der Waals surface area contributed by atoms with Crippen LogP contribution in [0.1, 0.15) is 41.2 Å². The molecule has 2 aromatic rings. The Morgan fingerprint density at radius 1 is 1.40 bits per heavy atom. The van der Waals surface area contributed by atoms with Gasteiger partial charge >= 0.3 is 0 Å². The number of carbonyl (C=O) groups excluding carboxylic acids is 1. The van der Waals surface area contributed by atoms with E-state index in [1.807, 2.05) is 13.8 Å². The van der Waals surface area contributed by atoms with Gasteiger partial charge in [0.1, 0.15) is 17.3 Å². The van der Waals surface area contributed by atoms with Gasteiger partial charge in [-0.05, 0) is 24.5 Å². The van der Waals surface area contributed by atoms with E-state index >= 15 is 0 Å². The highest BCUT2D eigenvalue weighted by atomic mass is 16.1. The van der Waals surface area contributed by atoms with Gasteiger partial charge in [0.05, 0.1) is 5.69 Å². The fourth-order valence-electron chi connectivity index (χ4n) is 2.01. The normalized spacial score (nSPS) is 10.2. The molecule has 20 heavy (non-hydrogen) atoms. The summed E-state index contributed by atoms with van der Waals surface area (Å²) in [6.07, 6.45) is 2.92. The second-order valence-corrected chi connectivity index (χ2v) is 4.15. The van der Waals surface area contributed by atoms with Crippen molar-refractivity contribution in [3.05, 3.63) is 34.8 Å². The number of amides is 1. The van der Waals surface area contributed by atoms with Crippen LogP contribution in [0.15, 0.2) is 12.3 Å². The van der Waals surface area contributed by atoms with E-state index < -0.39 is 5.91 Å². The third kappa shape index (κ3) is 2.23. The summed E-state index contributed by atoms with van der Waals surface area (Å²) >= 11 is 0. The van der Waals surface area contributed by atoms with Crippen LogP contribution in [0, 0.1) is 11.3 Å². The molecule has 7 heteroatoms. The van der Waals surface area contributed by atoms with Gasteiger partial charge in [-0.2, -0.15) is 15.5 Å². The molecule has 2 rings (SSSR count). The average molecular weight is 270 g/mol. The van der Waals surface area contributed by atoms with Crippen molar-refractivity contribution in [2.45, 2.75) is 26.7 Å². The smallest absolute Gasteiger partial charge is 0.269 e. The Morgan fingerprint density at radius 3 is 2.65 bits per heavy atom. The lowest BCUT2D eigenvalue weighted by Crippen LogP contribution is -2.14. The highest BCUT2D eigenvalue weighted by Crippen LogP contribution is 2.19. The lowest BCUT2D eigenvalue weighted by Gasteiger charge is -2.09. The predicted octanol–water partition coefficient (Wildman–Crippen LogP) is 0.758. The van der Waals surface area contributed by atoms with E-state index in [1.165, 1.54) is 16.9 Å². The Hall–Kier alpha value is -2.75. The Labute approximate surface area is 116 Å². The fraction of sp³-hybridized carbons (Fsp3) is 0.308. The molecule has 0 aromatic carbocycles. The van der Waals surface area contributed by atoms with Gasteiger partial charge in [-0.3, -0.25) is 4.79 Å². The number of hydrogen-bond donors (Lipinski definition) is 1. The zero-order valence-electron chi connectivity index (χ0n) is 11.3. The van der Waals surface area contributed by atoms with Gasteiger partial charge in [0.25, 0.3) is 5.91 Å². The third-order valence-corrected chi connectivity index (χ3v) is 3.00. The van der Waals surface area contributed by atoms with E-state index in [2.05, 4.69) is 21.4 Å². The molecule has 0 bridgehead atoms. The average Bonchev–Trinajstić information content (AvgIpc) is 2.95. The zero-order valence-corrected chi connectivity index (χ0v) is 11.3. The first-order chi connectivity index (χ1) is 9.62. The summed E-state index contributed by atoms with van der Waals surface area (Å²) in [4.78, 5) is 11.1. The molecule has 0 aliphatic carbocycles. The summed E-state index contributed by atoms with van der Waals surface area (Å²) in [5.74, 6) is -0.315. The van der Waals surface area contributed by atoms with Gasteiger partial charge in [-0.15, -0.1) is 5.10 Å². The van der Waals surface area contributed by atoms with Crippen molar-refractivity contribution in [1.29, 1.82) is 5.26 Å². The van der Waals surface area contributed by atoms with Gasteiger partial charge in [0.15, 0.2) is 5.82 Å². The molecule has 0 radical (unpaired) electrons. The van der Waals surface area contributed by atoms with Crippen LogP contribution in [0.5, 0.6) is 0 Å². The van der Waals surface area contributed by atoms with Crippen molar-refractivity contribution in [1.82, 2.24) is 20.0 Å². The summed E-state index contributed by atoms with van der Waals surface area (Å²) in [6.45, 7) is 3.92. The third-order valence-electron chi connectivity index (χ3n) is 3.00. The van der Waals surface area contributed by atoms with Crippen molar-refractivity contribution < 1.29 is 4.79 Å². The van der Waals surface area contributed by atoms with Crippen LogP contribution in [0.3, 0.4) is 0 Å². The van der Waals surface area contributed by atoms with Crippen LogP contribution in [0.25, 0.3) is 5.82 Å². The lowest BCUT2D eigenvalue weighted by atomic mass is 10.0. The highest BCUT2D eigenvalue weighted by molar-refractivity contribution is 5.90. The van der Waals surface area contributed by atoms with Crippen LogP contribution in [-0.2, 0) is 12.8 Å². The second kappa shape index (κ2) is 5.48. The maximum absolute atomic E-state index is 11.1. The van der Waals surface area contributed by atoms with Crippen molar-refractivity contribution in [2.24, 2.45) is 5.73 Å². The SMILES string of the molecule is CCc1nnc(-n2ccc(C(N)=O)n2)c(C#N)c1CC. The molecule has 0 unspecified atom stereocenters. The van der Waals surface area contributed by atoms with Crippen LogP contribution < -0.4 is 5.73 Å². The van der Waals surface area contributed by atoms with E-state index in [-0.39, 0.29) is 5.69 Å². The number of hydrogen-bond acceptors (Lipinski definition) is 5. The standard InChI is InChI=1S/C13H14N6O/c1-3-8-9(7-14)13(17-16-10(8)4-2)19-6-5-11(18-19)12(15)20/h5-6H,3-4H2,1-2H3,(H2,15,20). The molecule has 0 saturated heterocycles. The van der Waals surface area contributed by atoms with Crippen molar-refractivity contribution in [3.63, 3.8) is 0 Å². The first-order valence-corrected chi connectivity index (χ1v) is 6.26. The molecule has 0 aliphatic rings. The van der Waals surface area contributed by atoms with E-state index in [1.54, 1.807) is 0 Å². The molecule has 2 heterocycles. The molecule has 0 atom stereocenters. The van der Waals surface area contributed by atoms with Crippen LogP contribution in [0.4, 0.5) is 0 Å². The van der Waals surface area contributed by atoms with Crippen LogP contribution >= 0.6 is 0 Å². The maximum atomic E-state index is 11.1. The maximum Gasteiger partial charge on any atom is 0.269 e. The van der Waals surface area contributed by atoms with Gasteiger partial charge < -0.3 is 5.73 Å². The van der Waals surface area contributed by atoms with Gasteiger partial charge in [0, 0.05) is 6.20 Å². The highest BCUT2D eigenvalue weighted by Gasteiger charge is 2.17. The minimum absolute atomic E-state index is 0.119. The Kier molecular flexibility index (Phi) is 3.75. The van der Waals surface area contributed by atoms with Gasteiger partial charge in [-0.1, -0.05) is 13.8 Å². The van der Waals surface area contributed by atoms with Gasteiger partial charge in [-0.25, -0.2) is 4.68 Å². The van der Waals surface area contributed by atoms with Crippen LogP contribution in [-0.4, -0.2) is 25.9 Å². The van der Waals surface area contributed by atoms with E-state index in [4.69, 9.17) is 5.73 Å². The number of rotatable bonds is 4. The molecular weight excluding hydrogens is 256 g/mol. The molecule has 1 amide bonds. The minimum Gasteiger partial charge on any atom is -0.364 e.